The van der Waals surface area contributed by atoms with Crippen molar-refractivity contribution in [1.29, 1.82) is 21.0 Å². The molecule has 5 aromatic carbocycles. The van der Waals surface area contributed by atoms with Gasteiger partial charge in [0.1, 0.15) is 63.9 Å². The van der Waals surface area contributed by atoms with E-state index in [9.17, 15) is 15.0 Å². The summed E-state index contributed by atoms with van der Waals surface area (Å²) in [5, 5.41) is 75.5. The minimum absolute atomic E-state index is 0.204. The van der Waals surface area contributed by atoms with Crippen LogP contribution in [0.4, 0.5) is 0 Å². The quantitative estimate of drug-likeness (QED) is 0.0978. The van der Waals surface area contributed by atoms with Crippen molar-refractivity contribution < 1.29 is 30.0 Å². The average Bonchev–Trinajstić information content (AvgIpc) is 4.29. The van der Waals surface area contributed by atoms with Crippen molar-refractivity contribution in [3.8, 4) is 47.3 Å². The zero-order valence-electron chi connectivity index (χ0n) is 39.3. The number of nitriles is 4. The van der Waals surface area contributed by atoms with Crippen LogP contribution in [-0.4, -0.2) is 74.8 Å². The van der Waals surface area contributed by atoms with Gasteiger partial charge in [-0.15, -0.1) is 81.6 Å². The highest BCUT2D eigenvalue weighted by Crippen LogP contribution is 2.36. The first kappa shape index (κ1) is 54.2. The van der Waals surface area contributed by atoms with Crippen molar-refractivity contribution in [2.75, 3.05) is 12.4 Å². The molecule has 0 radical (unpaired) electrons. The molecule has 0 saturated heterocycles. The Morgan fingerprint density at radius 3 is 1.64 bits per heavy atom. The smallest absolute Gasteiger partial charge is 0.329 e. The molecule has 0 fully saturated rings. The second-order valence-corrected chi connectivity index (χ2v) is 21.4. The number of nitrogens with zero attached hydrogens (tertiary/aromatic N) is 10. The van der Waals surface area contributed by atoms with E-state index in [1.54, 1.807) is 60.7 Å². The second kappa shape index (κ2) is 25.4. The molecular weight excluding hydrogens is 1070 g/mol. The van der Waals surface area contributed by atoms with Crippen LogP contribution in [0.2, 0.25) is 0 Å². The normalized spacial score (nSPS) is 12.2. The SMILES string of the molecule is C=CCOc1ccc2nc(C#N)sc2c1.C=CCc1c(O)ccc2nc(C#N)sc12.C=CCc1c(O)ccc2nc(C3=N[C@@H](C(=O)O)CS3)sc12.Cc1ccc2nc(C#N)sc2c1.N#Cc1nc2ccc(O)cc2s1. The largest absolute Gasteiger partial charge is 0.508 e. The number of thioether (sulfide) groups is 1. The molecule has 11 rings (SSSR count). The van der Waals surface area contributed by atoms with E-state index in [1.165, 1.54) is 74.0 Å². The molecule has 5 aromatic heterocycles. The molecule has 16 nitrogen and oxygen atoms in total. The number of aryl methyl sites for hydroxylation is 1. The van der Waals surface area contributed by atoms with Crippen molar-refractivity contribution in [1.82, 2.24) is 24.9 Å². The van der Waals surface area contributed by atoms with Crippen LogP contribution in [-0.2, 0) is 17.6 Å². The molecule has 1 aliphatic heterocycles. The molecule has 22 heteroatoms. The van der Waals surface area contributed by atoms with Gasteiger partial charge >= 0.3 is 5.97 Å². The predicted molar refractivity (Wildman–Crippen MR) is 301 cm³/mol. The Hall–Kier alpha value is -8.58. The van der Waals surface area contributed by atoms with Crippen LogP contribution >= 0.6 is 68.4 Å². The molecule has 75 heavy (non-hydrogen) atoms. The third kappa shape index (κ3) is 13.5. The number of benzene rings is 5. The third-order valence-corrected chi connectivity index (χ3v) is 16.2. The second-order valence-electron chi connectivity index (χ2n) is 15.3. The van der Waals surface area contributed by atoms with Crippen LogP contribution in [0.3, 0.4) is 0 Å². The number of aromatic hydroxyl groups is 3. The summed E-state index contributed by atoms with van der Waals surface area (Å²) in [4.78, 5) is 36.1. The standard InChI is InChI=1S/C14H12N2O3S2.2C11H8N2OS.C9H6N2S.C8H4N2OS/c1-2-3-7-10(17)5-4-8-11(7)21-13(15-8)12-16-9(6-20-12)14(18)19;1-2-5-14-8-3-4-9-10(6-8)15-11(7-12)13-9;1-2-3-7-9(14)5-4-8-11(7)15-10(6-12)13-8;1-6-2-3-7-8(4-6)12-9(5-10)11-7;9-4-8-10-6-2-1-5(11)3-7(6)12-8/h2,4-5,9,17H,1,3,6H2,(H,18,19);2-4,6H,1,5H2;2,4-5,14H,1,3H2;2-4H,1H3;1-3,11H/t9-;;;;/m1..../s1. The Bertz CT molecular complexity index is 3900. The van der Waals surface area contributed by atoms with Crippen LogP contribution in [0, 0.1) is 52.2 Å². The average molecular weight is 1100 g/mol. The molecule has 10 aromatic rings. The molecule has 4 N–H and O–H groups in total. The number of thiazole rings is 5. The lowest BCUT2D eigenvalue weighted by atomic mass is 10.1. The van der Waals surface area contributed by atoms with E-state index in [0.717, 1.165) is 68.0 Å². The number of rotatable bonds is 9. The molecule has 0 saturated carbocycles. The molecule has 372 valence electrons. The van der Waals surface area contributed by atoms with Crippen molar-refractivity contribution in [3.63, 3.8) is 0 Å². The number of carboxylic acids is 1. The Labute approximate surface area is 452 Å². The lowest BCUT2D eigenvalue weighted by Gasteiger charge is -2.01. The van der Waals surface area contributed by atoms with Gasteiger partial charge in [0, 0.05) is 16.9 Å². The molecule has 0 amide bonds. The summed E-state index contributed by atoms with van der Waals surface area (Å²) in [5.41, 5.74) is 6.85. The van der Waals surface area contributed by atoms with Gasteiger partial charge in [0.25, 0.3) is 0 Å². The molecule has 1 aliphatic rings. The van der Waals surface area contributed by atoms with Crippen molar-refractivity contribution in [2.45, 2.75) is 25.8 Å². The summed E-state index contributed by atoms with van der Waals surface area (Å²) in [6.45, 7) is 13.4. The molecular formula is C53H38N10O6S6. The number of carbonyl (C=O) groups is 1. The number of carboxylic acid groups (broad SMARTS) is 1. The molecule has 0 unspecified atom stereocenters. The molecule has 1 atom stereocenters. The topological polar surface area (TPSA) is 279 Å². The fourth-order valence-electron chi connectivity index (χ4n) is 6.75. The van der Waals surface area contributed by atoms with E-state index >= 15 is 0 Å². The van der Waals surface area contributed by atoms with Crippen LogP contribution in [0.1, 0.15) is 41.7 Å². The summed E-state index contributed by atoms with van der Waals surface area (Å²) >= 11 is 8.21. The maximum absolute atomic E-state index is 11.0. The summed E-state index contributed by atoms with van der Waals surface area (Å²) in [5.74, 6) is 0.957. The first-order chi connectivity index (χ1) is 36.3. The van der Waals surface area contributed by atoms with Crippen LogP contribution < -0.4 is 4.74 Å². The van der Waals surface area contributed by atoms with Gasteiger partial charge in [-0.2, -0.15) is 21.0 Å². The van der Waals surface area contributed by atoms with Crippen LogP contribution in [0.15, 0.2) is 122 Å². The van der Waals surface area contributed by atoms with E-state index in [-0.39, 0.29) is 17.2 Å². The summed E-state index contributed by atoms with van der Waals surface area (Å²) in [6, 6.07) is 30.5. The van der Waals surface area contributed by atoms with Gasteiger partial charge in [-0.05, 0) is 98.1 Å². The van der Waals surface area contributed by atoms with Crippen molar-refractivity contribution in [3.05, 3.63) is 159 Å². The first-order valence-corrected chi connectivity index (χ1v) is 26.9. The van der Waals surface area contributed by atoms with Crippen molar-refractivity contribution >= 4 is 131 Å². The van der Waals surface area contributed by atoms with Gasteiger partial charge in [-0.1, -0.05) is 30.9 Å². The van der Waals surface area contributed by atoms with E-state index in [2.05, 4.69) is 49.6 Å². The van der Waals surface area contributed by atoms with E-state index in [0.29, 0.717) is 55.3 Å². The highest BCUT2D eigenvalue weighted by atomic mass is 32.2. The number of phenols is 3. The lowest BCUT2D eigenvalue weighted by molar-refractivity contribution is -0.137. The number of aliphatic imine (C=N–C) groups is 1. The highest BCUT2D eigenvalue weighted by Gasteiger charge is 2.27. The van der Waals surface area contributed by atoms with Gasteiger partial charge in [0.15, 0.2) is 26.1 Å². The van der Waals surface area contributed by atoms with Gasteiger partial charge in [-0.25, -0.2) is 29.7 Å². The summed E-state index contributed by atoms with van der Waals surface area (Å²) in [7, 11) is 0. The van der Waals surface area contributed by atoms with Crippen LogP contribution in [0.5, 0.6) is 23.0 Å². The Morgan fingerprint density at radius 1 is 0.627 bits per heavy atom. The fraction of sp³-hybridized carbons (Fsp3) is 0.113. The molecule has 0 bridgehead atoms. The highest BCUT2D eigenvalue weighted by molar-refractivity contribution is 8.15. The minimum atomic E-state index is -0.913. The Morgan fingerprint density at radius 2 is 1.11 bits per heavy atom. The summed E-state index contributed by atoms with van der Waals surface area (Å²) < 4.78 is 10.0. The van der Waals surface area contributed by atoms with Crippen LogP contribution in [0.25, 0.3) is 51.1 Å². The predicted octanol–water partition coefficient (Wildman–Crippen LogP) is 12.4. The van der Waals surface area contributed by atoms with Crippen molar-refractivity contribution in [2.24, 2.45) is 4.99 Å². The van der Waals surface area contributed by atoms with Gasteiger partial charge in [0.2, 0.25) is 0 Å². The first-order valence-electron chi connectivity index (χ1n) is 21.9. The number of aliphatic carboxylic acids is 1. The number of hydrogen-bond acceptors (Lipinski definition) is 21. The maximum atomic E-state index is 11.0. The number of fused-ring (bicyclic) bond motifs is 5. The Balaban J connectivity index is 0.000000139. The minimum Gasteiger partial charge on any atom is -0.508 e. The van der Waals surface area contributed by atoms with Gasteiger partial charge in [0.05, 0.1) is 51.1 Å². The maximum Gasteiger partial charge on any atom is 0.329 e. The number of hydrogen-bond donors (Lipinski definition) is 4. The monoisotopic (exact) mass is 1100 g/mol. The van der Waals surface area contributed by atoms with Gasteiger partial charge in [-0.3, -0.25) is 4.99 Å². The number of allylic oxidation sites excluding steroid dienone is 2. The zero-order valence-corrected chi connectivity index (χ0v) is 44.2. The van der Waals surface area contributed by atoms with Gasteiger partial charge < -0.3 is 25.2 Å². The number of aromatic nitrogens is 5. The number of ether oxygens (including phenoxy) is 1. The third-order valence-electron chi connectivity index (χ3n) is 10.1. The zero-order chi connectivity index (χ0) is 53.6. The fourth-order valence-corrected chi connectivity index (χ4v) is 12.3. The van der Waals surface area contributed by atoms with E-state index < -0.39 is 12.0 Å². The van der Waals surface area contributed by atoms with E-state index in [4.69, 9.17) is 36.0 Å². The summed E-state index contributed by atoms with van der Waals surface area (Å²) in [6.07, 6.45) is 6.28. The molecule has 0 aliphatic carbocycles. The number of phenolic OH excluding ortho intramolecular Hbond substituents is 3. The lowest BCUT2D eigenvalue weighted by Crippen LogP contribution is -2.17. The molecule has 6 heterocycles. The molecule has 0 spiro atoms. The Kier molecular flexibility index (Phi) is 18.3. The van der Waals surface area contributed by atoms with E-state index in [1.807, 2.05) is 67.6 Å².